The molecule has 1 rings (SSSR count). The van der Waals surface area contributed by atoms with E-state index in [4.69, 9.17) is 9.79 Å². The lowest BCUT2D eigenvalue weighted by atomic mass is 10.7. The molecule has 0 bridgehead atoms. The first-order valence-electron chi connectivity index (χ1n) is 2.41. The highest BCUT2D eigenvalue weighted by atomic mass is 31.2. The molecule has 1 aliphatic rings. The highest BCUT2D eigenvalue weighted by molar-refractivity contribution is 7.39. The summed E-state index contributed by atoms with van der Waals surface area (Å²) in [7, 11) is -2.28. The maximum atomic E-state index is 8.31. The van der Waals surface area contributed by atoms with Crippen LogP contribution in [0.15, 0.2) is 4.99 Å². The van der Waals surface area contributed by atoms with Crippen molar-refractivity contribution in [1.82, 2.24) is 5.06 Å². The Morgan fingerprint density at radius 1 is 1.67 bits per heavy atom. The van der Waals surface area contributed by atoms with E-state index in [9.17, 15) is 0 Å². The summed E-state index contributed by atoms with van der Waals surface area (Å²) in [6, 6.07) is 0. The molecule has 0 aliphatic carbocycles. The minimum atomic E-state index is -2.28. The van der Waals surface area contributed by atoms with Gasteiger partial charge in [0.25, 0.3) is 0 Å². The SMILES string of the molecule is OP(O)ON1C=NCC1. The van der Waals surface area contributed by atoms with E-state index in [1.807, 2.05) is 0 Å². The van der Waals surface area contributed by atoms with Crippen LogP contribution in [0.2, 0.25) is 0 Å². The number of aliphatic imine (C=N–C) groups is 1. The largest absolute Gasteiger partial charge is 0.350 e. The molecular weight excluding hydrogens is 143 g/mol. The van der Waals surface area contributed by atoms with Gasteiger partial charge in [0.2, 0.25) is 0 Å². The average molecular weight is 150 g/mol. The van der Waals surface area contributed by atoms with Crippen LogP contribution >= 0.6 is 8.60 Å². The number of hydrogen-bond acceptors (Lipinski definition) is 5. The van der Waals surface area contributed by atoms with E-state index in [2.05, 4.69) is 9.62 Å². The van der Waals surface area contributed by atoms with Crippen LogP contribution in [0.5, 0.6) is 0 Å². The second-order valence-electron chi connectivity index (χ2n) is 1.50. The molecular formula is C3H7N2O3P. The van der Waals surface area contributed by atoms with Gasteiger partial charge in [0, 0.05) is 0 Å². The molecule has 1 aliphatic heterocycles. The van der Waals surface area contributed by atoms with Gasteiger partial charge in [-0.05, 0) is 0 Å². The standard InChI is InChI=1S/C3H7N2O3P/c6-9(7)8-5-2-1-4-3-5/h3,6-7H,1-2H2. The molecule has 0 fully saturated rings. The lowest BCUT2D eigenvalue weighted by Crippen LogP contribution is -2.17. The van der Waals surface area contributed by atoms with Crippen LogP contribution in [-0.4, -0.2) is 34.3 Å². The number of hydrogen-bond donors (Lipinski definition) is 2. The minimum absolute atomic E-state index is 0.597. The summed E-state index contributed by atoms with van der Waals surface area (Å²) in [6.45, 7) is 1.25. The lowest BCUT2D eigenvalue weighted by molar-refractivity contribution is 0.0220. The highest BCUT2D eigenvalue weighted by Crippen LogP contribution is 2.25. The summed E-state index contributed by atoms with van der Waals surface area (Å²) >= 11 is 0. The number of hydroxylamine groups is 2. The maximum Gasteiger partial charge on any atom is 0.350 e. The maximum absolute atomic E-state index is 8.31. The zero-order valence-corrected chi connectivity index (χ0v) is 5.53. The van der Waals surface area contributed by atoms with Crippen molar-refractivity contribution in [3.63, 3.8) is 0 Å². The van der Waals surface area contributed by atoms with Crippen LogP contribution in [-0.2, 0) is 4.62 Å². The van der Waals surface area contributed by atoms with E-state index in [1.54, 1.807) is 0 Å². The van der Waals surface area contributed by atoms with E-state index in [-0.39, 0.29) is 0 Å². The number of rotatable bonds is 2. The molecule has 0 saturated carbocycles. The van der Waals surface area contributed by atoms with Gasteiger partial charge in [-0.3, -0.25) is 4.99 Å². The first-order valence-corrected chi connectivity index (χ1v) is 3.58. The fraction of sp³-hybridized carbons (Fsp3) is 0.667. The molecule has 52 valence electrons. The average Bonchev–Trinajstić information content (AvgIpc) is 2.15. The quantitative estimate of drug-likeness (QED) is 0.519. The van der Waals surface area contributed by atoms with Crippen LogP contribution in [0.4, 0.5) is 0 Å². The lowest BCUT2D eigenvalue weighted by Gasteiger charge is -2.11. The third-order valence-corrected chi connectivity index (χ3v) is 1.19. The molecule has 1 heterocycles. The Bertz CT molecular complexity index is 118. The Hall–Kier alpha value is -0.220. The first kappa shape index (κ1) is 6.89. The summed E-state index contributed by atoms with van der Waals surface area (Å²) in [5, 5.41) is 1.30. The fourth-order valence-electron chi connectivity index (χ4n) is 0.519. The molecule has 0 saturated heterocycles. The summed E-state index contributed by atoms with van der Waals surface area (Å²) in [6.07, 6.45) is 1.43. The Morgan fingerprint density at radius 2 is 2.44 bits per heavy atom. The predicted octanol–water partition coefficient (Wildman–Crippen LogP) is -0.527. The first-order chi connectivity index (χ1) is 4.29. The molecule has 0 unspecified atom stereocenters. The zero-order valence-electron chi connectivity index (χ0n) is 4.64. The van der Waals surface area contributed by atoms with Crippen molar-refractivity contribution >= 4 is 14.9 Å². The minimum Gasteiger partial charge on any atom is -0.327 e. The Kier molecular flexibility index (Phi) is 2.36. The van der Waals surface area contributed by atoms with Crippen molar-refractivity contribution < 1.29 is 14.4 Å². The fourth-order valence-corrected chi connectivity index (χ4v) is 0.830. The molecule has 0 radical (unpaired) electrons. The monoisotopic (exact) mass is 150 g/mol. The van der Waals surface area contributed by atoms with Crippen molar-refractivity contribution in [2.45, 2.75) is 0 Å². The van der Waals surface area contributed by atoms with Crippen molar-refractivity contribution in [2.24, 2.45) is 4.99 Å². The number of nitrogens with zero attached hydrogens (tertiary/aromatic N) is 2. The van der Waals surface area contributed by atoms with Crippen LogP contribution in [0.25, 0.3) is 0 Å². The topological polar surface area (TPSA) is 65.3 Å². The molecule has 0 spiro atoms. The predicted molar refractivity (Wildman–Crippen MR) is 32.5 cm³/mol. The zero-order chi connectivity index (χ0) is 6.69. The summed E-state index contributed by atoms with van der Waals surface area (Å²) in [5.41, 5.74) is 0. The molecule has 0 amide bonds. The molecule has 0 aromatic heterocycles. The molecule has 5 nitrogen and oxygen atoms in total. The van der Waals surface area contributed by atoms with Gasteiger partial charge < -0.3 is 9.79 Å². The Morgan fingerprint density at radius 3 is 2.89 bits per heavy atom. The molecule has 0 aromatic rings. The highest BCUT2D eigenvalue weighted by Gasteiger charge is 2.09. The van der Waals surface area contributed by atoms with E-state index in [1.165, 1.54) is 11.4 Å². The van der Waals surface area contributed by atoms with Crippen LogP contribution in [0, 0.1) is 0 Å². The molecule has 9 heavy (non-hydrogen) atoms. The van der Waals surface area contributed by atoms with Gasteiger partial charge in [0.1, 0.15) is 6.34 Å². The third kappa shape index (κ3) is 2.24. The van der Waals surface area contributed by atoms with E-state index in [0.717, 1.165) is 0 Å². The van der Waals surface area contributed by atoms with Crippen molar-refractivity contribution in [1.29, 1.82) is 0 Å². The van der Waals surface area contributed by atoms with E-state index < -0.39 is 8.60 Å². The van der Waals surface area contributed by atoms with Gasteiger partial charge in [-0.25, -0.2) is 5.06 Å². The van der Waals surface area contributed by atoms with Crippen molar-refractivity contribution in [3.8, 4) is 0 Å². The van der Waals surface area contributed by atoms with Gasteiger partial charge in [-0.2, -0.15) is 4.62 Å². The summed E-state index contributed by atoms with van der Waals surface area (Å²) in [4.78, 5) is 20.4. The van der Waals surface area contributed by atoms with Gasteiger partial charge in [-0.15, -0.1) is 0 Å². The Labute approximate surface area is 53.5 Å². The van der Waals surface area contributed by atoms with Crippen LogP contribution < -0.4 is 0 Å². The Balaban J connectivity index is 2.20. The third-order valence-electron chi connectivity index (χ3n) is 0.838. The second-order valence-corrected chi connectivity index (χ2v) is 2.17. The van der Waals surface area contributed by atoms with Crippen molar-refractivity contribution in [2.75, 3.05) is 13.1 Å². The normalized spacial score (nSPS) is 17.9. The molecule has 0 aromatic carbocycles. The van der Waals surface area contributed by atoms with E-state index in [0.29, 0.717) is 13.1 Å². The second kappa shape index (κ2) is 3.08. The molecule has 2 N–H and O–H groups in total. The van der Waals surface area contributed by atoms with Gasteiger partial charge in [-0.1, -0.05) is 0 Å². The van der Waals surface area contributed by atoms with Crippen LogP contribution in [0.3, 0.4) is 0 Å². The van der Waals surface area contributed by atoms with Gasteiger partial charge >= 0.3 is 8.60 Å². The van der Waals surface area contributed by atoms with Gasteiger partial charge in [0.15, 0.2) is 0 Å². The molecule has 6 heteroatoms. The molecule has 0 atom stereocenters. The van der Waals surface area contributed by atoms with Crippen molar-refractivity contribution in [3.05, 3.63) is 0 Å². The summed E-state index contributed by atoms with van der Waals surface area (Å²) in [5.74, 6) is 0. The summed E-state index contributed by atoms with van der Waals surface area (Å²) < 4.78 is 4.47. The van der Waals surface area contributed by atoms with Gasteiger partial charge in [0.05, 0.1) is 13.1 Å². The smallest absolute Gasteiger partial charge is 0.327 e. The van der Waals surface area contributed by atoms with Crippen LogP contribution in [0.1, 0.15) is 0 Å². The van der Waals surface area contributed by atoms with E-state index >= 15 is 0 Å².